The Morgan fingerprint density at radius 1 is 1.25 bits per heavy atom. The van der Waals surface area contributed by atoms with E-state index in [9.17, 15) is 4.79 Å². The molecule has 0 bridgehead atoms. The van der Waals surface area contributed by atoms with Crippen LogP contribution in [-0.4, -0.2) is 84.6 Å². The summed E-state index contributed by atoms with van der Waals surface area (Å²) in [5.41, 5.74) is 6.21. The predicted octanol–water partition coefficient (Wildman–Crippen LogP) is 1.03. The van der Waals surface area contributed by atoms with Crippen LogP contribution in [0.25, 0.3) is 17.4 Å². The highest BCUT2D eigenvalue weighted by molar-refractivity contribution is 5.86. The van der Waals surface area contributed by atoms with Crippen LogP contribution >= 0.6 is 0 Å². The summed E-state index contributed by atoms with van der Waals surface area (Å²) in [4.78, 5) is 33.8. The van der Waals surface area contributed by atoms with E-state index in [4.69, 9.17) is 10.2 Å². The summed E-state index contributed by atoms with van der Waals surface area (Å²) in [6.07, 6.45) is 5.45. The van der Waals surface area contributed by atoms with Crippen LogP contribution < -0.4 is 10.6 Å². The Bertz CT molecular complexity index is 1150. The first-order valence-corrected chi connectivity index (χ1v) is 11.3. The molecule has 1 spiro atoms. The van der Waals surface area contributed by atoms with Crippen LogP contribution in [0.4, 0.5) is 11.9 Å². The standard InChI is InChI=1S/C21H27N9O2/c1-2-27-10-11-29(21(13-27)7-8-21)17(31)14-5-3-9-28(14)19-24-18(22)30-20(25-19)23-16(26-30)15-6-4-12-32-15/h4,6,12,14H,2-3,5,7-11,13H2,1H3,(H2,22,23,24,25,26)/t14-/m0/s1. The Balaban J connectivity index is 1.29. The van der Waals surface area contributed by atoms with Crippen molar-refractivity contribution in [3.8, 4) is 11.6 Å². The van der Waals surface area contributed by atoms with E-state index in [1.54, 1.807) is 18.4 Å². The summed E-state index contributed by atoms with van der Waals surface area (Å²) in [7, 11) is 0. The van der Waals surface area contributed by atoms with Crippen LogP contribution in [0.1, 0.15) is 32.6 Å². The van der Waals surface area contributed by atoms with E-state index >= 15 is 0 Å². The van der Waals surface area contributed by atoms with Crippen LogP contribution in [0.15, 0.2) is 22.8 Å². The van der Waals surface area contributed by atoms with Crippen molar-refractivity contribution in [2.24, 2.45) is 0 Å². The number of hydrogen-bond donors (Lipinski definition) is 1. The molecule has 1 aliphatic carbocycles. The van der Waals surface area contributed by atoms with Crippen molar-refractivity contribution >= 4 is 23.6 Å². The van der Waals surface area contributed by atoms with Gasteiger partial charge in [0.25, 0.3) is 5.78 Å². The Hall–Kier alpha value is -3.21. The zero-order valence-corrected chi connectivity index (χ0v) is 18.1. The number of nitrogen functional groups attached to an aromatic ring is 1. The van der Waals surface area contributed by atoms with Crippen LogP contribution in [0.2, 0.25) is 0 Å². The molecule has 6 rings (SSSR count). The number of anilines is 2. The van der Waals surface area contributed by atoms with E-state index in [2.05, 4.69) is 36.8 Å². The van der Waals surface area contributed by atoms with Gasteiger partial charge in [-0.1, -0.05) is 6.92 Å². The first-order chi connectivity index (χ1) is 15.6. The van der Waals surface area contributed by atoms with Gasteiger partial charge < -0.3 is 20.0 Å². The molecule has 3 aromatic rings. The zero-order valence-electron chi connectivity index (χ0n) is 18.1. The summed E-state index contributed by atoms with van der Waals surface area (Å²) in [5, 5.41) is 4.36. The molecular weight excluding hydrogens is 410 g/mol. The lowest BCUT2D eigenvalue weighted by molar-refractivity contribution is -0.138. The van der Waals surface area contributed by atoms with Crippen molar-refractivity contribution in [3.05, 3.63) is 18.4 Å². The number of carbonyl (C=O) groups excluding carboxylic acids is 1. The molecule has 1 saturated carbocycles. The molecule has 0 unspecified atom stereocenters. The molecule has 3 fully saturated rings. The maximum atomic E-state index is 13.7. The number of furan rings is 1. The molecule has 11 nitrogen and oxygen atoms in total. The summed E-state index contributed by atoms with van der Waals surface area (Å²) in [6, 6.07) is 3.28. The molecule has 11 heteroatoms. The second-order valence-electron chi connectivity index (χ2n) is 8.94. The minimum absolute atomic E-state index is 0.0222. The Morgan fingerprint density at radius 3 is 2.88 bits per heavy atom. The van der Waals surface area contributed by atoms with Crippen molar-refractivity contribution in [2.75, 3.05) is 43.4 Å². The third-order valence-corrected chi connectivity index (χ3v) is 7.03. The first kappa shape index (κ1) is 19.5. The van der Waals surface area contributed by atoms with Gasteiger partial charge >= 0.3 is 0 Å². The topological polar surface area (TPSA) is 122 Å². The summed E-state index contributed by atoms with van der Waals surface area (Å²) in [6.45, 7) is 6.63. The molecule has 0 radical (unpaired) electrons. The third-order valence-electron chi connectivity index (χ3n) is 7.03. The average Bonchev–Trinajstić information content (AvgIpc) is 3.26. The fraction of sp³-hybridized carbons (Fsp3) is 0.571. The molecule has 1 atom stereocenters. The minimum Gasteiger partial charge on any atom is -0.461 e. The Labute approximate surface area is 185 Å². The van der Waals surface area contributed by atoms with Crippen LogP contribution in [0.5, 0.6) is 0 Å². The first-order valence-electron chi connectivity index (χ1n) is 11.3. The fourth-order valence-corrected chi connectivity index (χ4v) is 5.12. The van der Waals surface area contributed by atoms with Crippen LogP contribution in [-0.2, 0) is 4.79 Å². The fourth-order valence-electron chi connectivity index (χ4n) is 5.12. The van der Waals surface area contributed by atoms with Gasteiger partial charge in [-0.05, 0) is 44.4 Å². The van der Waals surface area contributed by atoms with Crippen molar-refractivity contribution in [3.63, 3.8) is 0 Å². The van der Waals surface area contributed by atoms with Gasteiger partial charge in [0.2, 0.25) is 23.6 Å². The van der Waals surface area contributed by atoms with Gasteiger partial charge in [-0.15, -0.1) is 5.10 Å². The molecule has 3 aromatic heterocycles. The van der Waals surface area contributed by atoms with Gasteiger partial charge in [-0.3, -0.25) is 9.69 Å². The molecule has 2 N–H and O–H groups in total. The van der Waals surface area contributed by atoms with Gasteiger partial charge in [0.1, 0.15) is 6.04 Å². The minimum atomic E-state index is -0.269. The highest BCUT2D eigenvalue weighted by atomic mass is 16.3. The predicted molar refractivity (Wildman–Crippen MR) is 117 cm³/mol. The maximum Gasteiger partial charge on any atom is 0.259 e. The number of aromatic nitrogens is 5. The summed E-state index contributed by atoms with van der Waals surface area (Å²) < 4.78 is 6.78. The lowest BCUT2D eigenvalue weighted by Crippen LogP contribution is -2.60. The molecule has 2 aliphatic heterocycles. The van der Waals surface area contributed by atoms with E-state index in [0.717, 1.165) is 51.9 Å². The molecular formula is C21H27N9O2. The lowest BCUT2D eigenvalue weighted by atomic mass is 10.1. The van der Waals surface area contributed by atoms with Crippen molar-refractivity contribution in [1.82, 2.24) is 34.4 Å². The van der Waals surface area contributed by atoms with Gasteiger partial charge in [-0.2, -0.15) is 19.5 Å². The summed E-state index contributed by atoms with van der Waals surface area (Å²) >= 11 is 0. The normalized spacial score (nSPS) is 22.8. The highest BCUT2D eigenvalue weighted by Gasteiger charge is 2.54. The molecule has 32 heavy (non-hydrogen) atoms. The number of carbonyl (C=O) groups is 1. The number of nitrogens with two attached hydrogens (primary N) is 1. The molecule has 0 aromatic carbocycles. The van der Waals surface area contributed by atoms with E-state index in [1.807, 2.05) is 4.90 Å². The molecule has 1 amide bonds. The number of hydrogen-bond acceptors (Lipinski definition) is 9. The number of piperazine rings is 1. The van der Waals surface area contributed by atoms with Crippen LogP contribution in [0, 0.1) is 0 Å². The maximum absolute atomic E-state index is 13.7. The third kappa shape index (κ3) is 3.02. The number of amides is 1. The van der Waals surface area contributed by atoms with Gasteiger partial charge in [-0.25, -0.2) is 0 Å². The summed E-state index contributed by atoms with van der Waals surface area (Å²) in [5.74, 6) is 2.07. The molecule has 3 aliphatic rings. The van der Waals surface area contributed by atoms with E-state index in [0.29, 0.717) is 29.9 Å². The SMILES string of the molecule is CCN1CCN(C(=O)[C@@H]2CCCN2c2nc(N)n3nc(-c4ccco4)nc3n2)C2(CC2)C1. The Morgan fingerprint density at radius 2 is 2.12 bits per heavy atom. The van der Waals surface area contributed by atoms with E-state index in [1.165, 1.54) is 4.52 Å². The van der Waals surface area contributed by atoms with Crippen LogP contribution in [0.3, 0.4) is 0 Å². The largest absolute Gasteiger partial charge is 0.461 e. The second kappa shape index (κ2) is 7.16. The monoisotopic (exact) mass is 437 g/mol. The lowest BCUT2D eigenvalue weighted by Gasteiger charge is -2.43. The van der Waals surface area contributed by atoms with Gasteiger partial charge in [0.15, 0.2) is 5.76 Å². The van der Waals surface area contributed by atoms with Gasteiger partial charge in [0, 0.05) is 26.2 Å². The quantitative estimate of drug-likeness (QED) is 0.637. The number of fused-ring (bicyclic) bond motifs is 1. The van der Waals surface area contributed by atoms with E-state index < -0.39 is 0 Å². The molecule has 168 valence electrons. The number of likely N-dealkylation sites (N-methyl/N-ethyl adjacent to an activating group) is 1. The Kier molecular flexibility index (Phi) is 4.36. The van der Waals surface area contributed by atoms with Gasteiger partial charge in [0.05, 0.1) is 11.8 Å². The zero-order chi connectivity index (χ0) is 21.9. The number of rotatable bonds is 4. The van der Waals surface area contributed by atoms with Crippen molar-refractivity contribution in [2.45, 2.75) is 44.2 Å². The second-order valence-corrected chi connectivity index (χ2v) is 8.94. The number of nitrogens with zero attached hydrogens (tertiary/aromatic N) is 8. The van der Waals surface area contributed by atoms with Crippen molar-refractivity contribution in [1.29, 1.82) is 0 Å². The van der Waals surface area contributed by atoms with Crippen molar-refractivity contribution < 1.29 is 9.21 Å². The smallest absolute Gasteiger partial charge is 0.259 e. The molecule has 5 heterocycles. The average molecular weight is 438 g/mol. The highest BCUT2D eigenvalue weighted by Crippen LogP contribution is 2.45. The molecule has 2 saturated heterocycles. The van der Waals surface area contributed by atoms with E-state index in [-0.39, 0.29) is 23.4 Å².